The van der Waals surface area contributed by atoms with Crippen LogP contribution >= 0.6 is 0 Å². The molecule has 0 unspecified atom stereocenters. The highest BCUT2D eigenvalue weighted by Crippen LogP contribution is 2.26. The molecule has 0 aromatic heterocycles. The van der Waals surface area contributed by atoms with E-state index in [2.05, 4.69) is 30.1 Å². The van der Waals surface area contributed by atoms with Gasteiger partial charge in [-0.15, -0.1) is 0 Å². The van der Waals surface area contributed by atoms with Crippen molar-refractivity contribution in [2.45, 2.75) is 26.7 Å². The van der Waals surface area contributed by atoms with Gasteiger partial charge in [0.05, 0.1) is 0 Å². The summed E-state index contributed by atoms with van der Waals surface area (Å²) in [6, 6.07) is 13.3. The van der Waals surface area contributed by atoms with Crippen LogP contribution in [0.1, 0.15) is 26.7 Å². The molecule has 28 heavy (non-hydrogen) atoms. The summed E-state index contributed by atoms with van der Waals surface area (Å²) >= 11 is 0. The fourth-order valence-electron chi connectivity index (χ4n) is 3.30. The van der Waals surface area contributed by atoms with Gasteiger partial charge < -0.3 is 10.1 Å². The van der Waals surface area contributed by atoms with Crippen LogP contribution in [0.2, 0.25) is 0 Å². The van der Waals surface area contributed by atoms with Gasteiger partial charge in [0.2, 0.25) is 5.91 Å². The van der Waals surface area contributed by atoms with Gasteiger partial charge in [0.25, 0.3) is 0 Å². The van der Waals surface area contributed by atoms with Crippen LogP contribution in [0.3, 0.4) is 0 Å². The van der Waals surface area contributed by atoms with Crippen molar-refractivity contribution in [1.29, 1.82) is 0 Å². The monoisotopic (exact) mass is 382 g/mol. The minimum absolute atomic E-state index is 0.0384. The number of likely N-dealkylation sites (tertiary alicyclic amines) is 1. The predicted octanol–water partition coefficient (Wildman–Crippen LogP) is 5.23. The number of ether oxygens (including phenoxy) is 1. The van der Waals surface area contributed by atoms with Gasteiger partial charge in [-0.2, -0.15) is 0 Å². The van der Waals surface area contributed by atoms with Gasteiger partial charge in [-0.3, -0.25) is 9.69 Å². The molecule has 0 spiro atoms. The van der Waals surface area contributed by atoms with Crippen LogP contribution in [0.4, 0.5) is 10.1 Å². The van der Waals surface area contributed by atoms with Crippen molar-refractivity contribution in [3.8, 4) is 11.5 Å². The number of anilines is 1. The lowest BCUT2D eigenvalue weighted by atomic mass is 9.95. The normalized spacial score (nSPS) is 16.0. The van der Waals surface area contributed by atoms with E-state index in [1.54, 1.807) is 42.5 Å². The van der Waals surface area contributed by atoms with Crippen LogP contribution in [0, 0.1) is 11.7 Å². The Morgan fingerprint density at radius 3 is 2.50 bits per heavy atom. The molecule has 3 rings (SSSR count). The first-order chi connectivity index (χ1) is 13.5. The Bertz CT molecular complexity index is 825. The van der Waals surface area contributed by atoms with Crippen molar-refractivity contribution < 1.29 is 13.9 Å². The molecule has 0 aliphatic carbocycles. The zero-order valence-electron chi connectivity index (χ0n) is 16.5. The number of halogens is 1. The second kappa shape index (κ2) is 9.51. The third-order valence-electron chi connectivity index (χ3n) is 5.11. The van der Waals surface area contributed by atoms with E-state index in [0.29, 0.717) is 5.75 Å². The van der Waals surface area contributed by atoms with Crippen LogP contribution < -0.4 is 10.1 Å². The van der Waals surface area contributed by atoms with Crippen molar-refractivity contribution in [3.63, 3.8) is 0 Å². The zero-order chi connectivity index (χ0) is 19.9. The predicted molar refractivity (Wildman–Crippen MR) is 110 cm³/mol. The quantitative estimate of drug-likeness (QED) is 0.695. The Kier molecular flexibility index (Phi) is 6.82. The molecule has 1 N–H and O–H groups in total. The van der Waals surface area contributed by atoms with Crippen molar-refractivity contribution in [2.75, 3.05) is 25.0 Å². The molecule has 1 heterocycles. The number of para-hydroxylation sites is 1. The van der Waals surface area contributed by atoms with Gasteiger partial charge in [-0.1, -0.05) is 23.8 Å². The lowest BCUT2D eigenvalue weighted by Gasteiger charge is -2.31. The molecule has 1 amide bonds. The Morgan fingerprint density at radius 2 is 1.86 bits per heavy atom. The number of rotatable bonds is 6. The van der Waals surface area contributed by atoms with E-state index in [4.69, 9.17) is 4.74 Å². The van der Waals surface area contributed by atoms with Crippen LogP contribution in [0.25, 0.3) is 0 Å². The summed E-state index contributed by atoms with van der Waals surface area (Å²) in [7, 11) is 0. The largest absolute Gasteiger partial charge is 0.454 e. The van der Waals surface area contributed by atoms with E-state index in [0.717, 1.165) is 38.2 Å². The van der Waals surface area contributed by atoms with E-state index in [-0.39, 0.29) is 17.6 Å². The molecule has 1 aliphatic heterocycles. The smallest absolute Gasteiger partial charge is 0.227 e. The number of hydrogen-bond acceptors (Lipinski definition) is 3. The molecule has 1 fully saturated rings. The van der Waals surface area contributed by atoms with Gasteiger partial charge in [0.15, 0.2) is 11.6 Å². The molecule has 0 radical (unpaired) electrons. The summed E-state index contributed by atoms with van der Waals surface area (Å²) in [5.74, 6) is 0.396. The fraction of sp³-hybridized carbons (Fsp3) is 0.348. The maximum Gasteiger partial charge on any atom is 0.227 e. The standard InChI is InChI=1S/C23H27FN2O2/c1-3-17(2)16-26-14-12-18(13-15-26)23(27)25-19-8-10-20(11-9-19)28-22-7-5-4-6-21(22)24/h3-11,18H,12-16H2,1-2H3,(H,25,27)/b17-3+. The van der Waals surface area contributed by atoms with Gasteiger partial charge in [-0.05, 0) is 76.2 Å². The lowest BCUT2D eigenvalue weighted by Crippen LogP contribution is -2.38. The summed E-state index contributed by atoms with van der Waals surface area (Å²) in [5.41, 5.74) is 2.08. The van der Waals surface area contributed by atoms with Crippen LogP contribution in [0.15, 0.2) is 60.2 Å². The minimum atomic E-state index is -0.407. The van der Waals surface area contributed by atoms with E-state index in [1.165, 1.54) is 11.6 Å². The van der Waals surface area contributed by atoms with Crippen molar-refractivity contribution >= 4 is 11.6 Å². The molecule has 2 aromatic carbocycles. The summed E-state index contributed by atoms with van der Waals surface area (Å²) in [5, 5.41) is 2.98. The zero-order valence-corrected chi connectivity index (χ0v) is 16.5. The molecule has 4 nitrogen and oxygen atoms in total. The highest BCUT2D eigenvalue weighted by molar-refractivity contribution is 5.92. The van der Waals surface area contributed by atoms with Crippen LogP contribution in [-0.2, 0) is 4.79 Å². The molecule has 2 aromatic rings. The number of piperidine rings is 1. The summed E-state index contributed by atoms with van der Waals surface area (Å²) in [4.78, 5) is 14.9. The second-order valence-electron chi connectivity index (χ2n) is 7.23. The van der Waals surface area contributed by atoms with Gasteiger partial charge >= 0.3 is 0 Å². The van der Waals surface area contributed by atoms with E-state index in [9.17, 15) is 9.18 Å². The SMILES string of the molecule is C/C=C(\C)CN1CCC(C(=O)Nc2ccc(Oc3ccccc3F)cc2)CC1. The second-order valence-corrected chi connectivity index (χ2v) is 7.23. The first kappa shape index (κ1) is 20.1. The topological polar surface area (TPSA) is 41.6 Å². The van der Waals surface area contributed by atoms with E-state index < -0.39 is 5.82 Å². The number of carbonyl (C=O) groups excluding carboxylic acids is 1. The van der Waals surface area contributed by atoms with Crippen molar-refractivity contribution in [1.82, 2.24) is 4.90 Å². The minimum Gasteiger partial charge on any atom is -0.454 e. The molecule has 0 atom stereocenters. The third-order valence-corrected chi connectivity index (χ3v) is 5.11. The first-order valence-corrected chi connectivity index (χ1v) is 9.72. The molecule has 1 saturated heterocycles. The summed E-state index contributed by atoms with van der Waals surface area (Å²) in [6.07, 6.45) is 3.88. The number of carbonyl (C=O) groups is 1. The molecular formula is C23H27FN2O2. The van der Waals surface area contributed by atoms with E-state index >= 15 is 0 Å². The average molecular weight is 382 g/mol. The van der Waals surface area contributed by atoms with Crippen molar-refractivity contribution in [3.05, 3.63) is 66.0 Å². The average Bonchev–Trinajstić information content (AvgIpc) is 2.71. The van der Waals surface area contributed by atoms with Crippen LogP contribution in [-0.4, -0.2) is 30.4 Å². The molecule has 148 valence electrons. The lowest BCUT2D eigenvalue weighted by molar-refractivity contribution is -0.121. The van der Waals surface area contributed by atoms with E-state index in [1.807, 2.05) is 0 Å². The highest BCUT2D eigenvalue weighted by Gasteiger charge is 2.24. The maximum atomic E-state index is 13.7. The Hall–Kier alpha value is -2.66. The first-order valence-electron chi connectivity index (χ1n) is 9.72. The fourth-order valence-corrected chi connectivity index (χ4v) is 3.30. The Morgan fingerprint density at radius 1 is 1.18 bits per heavy atom. The van der Waals surface area contributed by atoms with Gasteiger partial charge in [0, 0.05) is 18.2 Å². The third kappa shape index (κ3) is 5.42. The summed E-state index contributed by atoms with van der Waals surface area (Å²) < 4.78 is 19.2. The van der Waals surface area contributed by atoms with Gasteiger partial charge in [0.1, 0.15) is 5.75 Å². The number of nitrogens with one attached hydrogen (secondary N) is 1. The van der Waals surface area contributed by atoms with Crippen LogP contribution in [0.5, 0.6) is 11.5 Å². The number of nitrogens with zero attached hydrogens (tertiary/aromatic N) is 1. The number of hydrogen-bond donors (Lipinski definition) is 1. The van der Waals surface area contributed by atoms with Gasteiger partial charge in [-0.25, -0.2) is 4.39 Å². The highest BCUT2D eigenvalue weighted by atomic mass is 19.1. The Labute approximate surface area is 166 Å². The summed E-state index contributed by atoms with van der Waals surface area (Å²) in [6.45, 7) is 7.06. The maximum absolute atomic E-state index is 13.7. The molecule has 0 bridgehead atoms. The number of benzene rings is 2. The molecular weight excluding hydrogens is 355 g/mol. The number of allylic oxidation sites excluding steroid dienone is 1. The number of amides is 1. The van der Waals surface area contributed by atoms with Crippen molar-refractivity contribution in [2.24, 2.45) is 5.92 Å². The Balaban J connectivity index is 1.50. The molecule has 0 saturated carbocycles. The molecule has 1 aliphatic rings. The molecule has 5 heteroatoms.